The Labute approximate surface area is 127 Å². The molecule has 0 saturated carbocycles. The van der Waals surface area contributed by atoms with Gasteiger partial charge in [-0.15, -0.1) is 0 Å². The first-order valence-corrected chi connectivity index (χ1v) is 7.73. The smallest absolute Gasteiger partial charge is 0.223 e. The molecule has 0 aliphatic carbocycles. The lowest BCUT2D eigenvalue weighted by atomic mass is 10.0. The summed E-state index contributed by atoms with van der Waals surface area (Å²) in [6.45, 7) is 8.79. The first-order valence-electron chi connectivity index (χ1n) is 7.73. The Hall–Kier alpha value is -1.55. The summed E-state index contributed by atoms with van der Waals surface area (Å²) >= 11 is 0. The van der Waals surface area contributed by atoms with E-state index in [-0.39, 0.29) is 5.91 Å². The average Bonchev–Trinajstić information content (AvgIpc) is 2.77. The molecule has 1 amide bonds. The molecule has 2 unspecified atom stereocenters. The first-order chi connectivity index (χ1) is 10.0. The zero-order chi connectivity index (χ0) is 15.4. The normalized spacial score (nSPS) is 19.9. The molecule has 1 aromatic carbocycles. The van der Waals surface area contributed by atoms with Gasteiger partial charge in [-0.3, -0.25) is 4.79 Å². The van der Waals surface area contributed by atoms with E-state index in [1.165, 1.54) is 5.56 Å². The van der Waals surface area contributed by atoms with Crippen molar-refractivity contribution in [3.8, 4) is 5.75 Å². The topological polar surface area (TPSA) is 41.6 Å². The molecule has 1 aromatic rings. The van der Waals surface area contributed by atoms with Gasteiger partial charge >= 0.3 is 0 Å². The van der Waals surface area contributed by atoms with Crippen LogP contribution in [-0.4, -0.2) is 31.0 Å². The van der Waals surface area contributed by atoms with E-state index in [2.05, 4.69) is 38.2 Å². The predicted molar refractivity (Wildman–Crippen MR) is 84.3 cm³/mol. The summed E-state index contributed by atoms with van der Waals surface area (Å²) in [5.41, 5.74) is 2.31. The molecule has 4 heteroatoms. The molecule has 1 aliphatic heterocycles. The van der Waals surface area contributed by atoms with Crippen molar-refractivity contribution in [3.63, 3.8) is 0 Å². The van der Waals surface area contributed by atoms with Crippen LogP contribution in [0.25, 0.3) is 0 Å². The average molecular weight is 290 g/mol. The fourth-order valence-corrected chi connectivity index (χ4v) is 2.94. The number of nitrogens with one attached hydrogen (secondary N) is 1. The van der Waals surface area contributed by atoms with Crippen molar-refractivity contribution in [2.45, 2.75) is 39.8 Å². The van der Waals surface area contributed by atoms with Gasteiger partial charge in [0.25, 0.3) is 0 Å². The Kier molecular flexibility index (Phi) is 5.23. The van der Waals surface area contributed by atoms with Crippen LogP contribution in [0.3, 0.4) is 0 Å². The molecule has 21 heavy (non-hydrogen) atoms. The van der Waals surface area contributed by atoms with Crippen molar-refractivity contribution >= 4 is 5.91 Å². The minimum atomic E-state index is 0.245. The van der Waals surface area contributed by atoms with Gasteiger partial charge in [0.2, 0.25) is 5.91 Å². The monoisotopic (exact) mass is 290 g/mol. The standard InChI is InChI=1S/C17H26N2O2/c1-5-18-13(3)14-6-7-16(21-4)15(9-14)11-19-10-12(2)8-17(19)20/h6-7,9,12-13,18H,5,8,10-11H2,1-4H3. The van der Waals surface area contributed by atoms with E-state index in [0.717, 1.165) is 24.4 Å². The number of hydrogen-bond donors (Lipinski definition) is 1. The summed E-state index contributed by atoms with van der Waals surface area (Å²) in [5, 5.41) is 3.41. The summed E-state index contributed by atoms with van der Waals surface area (Å²) < 4.78 is 5.45. The molecule has 116 valence electrons. The molecule has 4 nitrogen and oxygen atoms in total. The molecule has 1 saturated heterocycles. The Morgan fingerprint density at radius 1 is 1.48 bits per heavy atom. The number of rotatable bonds is 6. The molecule has 1 aliphatic rings. The van der Waals surface area contributed by atoms with E-state index >= 15 is 0 Å². The fourth-order valence-electron chi connectivity index (χ4n) is 2.94. The molecule has 2 atom stereocenters. The molecule has 0 radical (unpaired) electrons. The van der Waals surface area contributed by atoms with Crippen LogP contribution >= 0.6 is 0 Å². The van der Waals surface area contributed by atoms with Gasteiger partial charge in [0.1, 0.15) is 5.75 Å². The van der Waals surface area contributed by atoms with Crippen molar-refractivity contribution in [1.82, 2.24) is 10.2 Å². The van der Waals surface area contributed by atoms with Gasteiger partial charge in [-0.25, -0.2) is 0 Å². The van der Waals surface area contributed by atoms with Gasteiger partial charge in [-0.2, -0.15) is 0 Å². The lowest BCUT2D eigenvalue weighted by molar-refractivity contribution is -0.128. The second-order valence-corrected chi connectivity index (χ2v) is 5.93. The summed E-state index contributed by atoms with van der Waals surface area (Å²) in [5.74, 6) is 1.55. The maximum absolute atomic E-state index is 12.0. The van der Waals surface area contributed by atoms with Crippen molar-refractivity contribution in [3.05, 3.63) is 29.3 Å². The quantitative estimate of drug-likeness (QED) is 0.876. The van der Waals surface area contributed by atoms with Crippen LogP contribution < -0.4 is 10.1 Å². The van der Waals surface area contributed by atoms with Crippen LogP contribution in [0.2, 0.25) is 0 Å². The summed E-state index contributed by atoms with van der Waals surface area (Å²) in [6, 6.07) is 6.54. The SMILES string of the molecule is CCNC(C)c1ccc(OC)c(CN2CC(C)CC2=O)c1. The van der Waals surface area contributed by atoms with Gasteiger partial charge in [0, 0.05) is 31.1 Å². The molecule has 1 N–H and O–H groups in total. The van der Waals surface area contributed by atoms with Crippen LogP contribution in [0, 0.1) is 5.92 Å². The van der Waals surface area contributed by atoms with E-state index in [1.54, 1.807) is 7.11 Å². The molecule has 1 fully saturated rings. The number of likely N-dealkylation sites (tertiary alicyclic amines) is 1. The second-order valence-electron chi connectivity index (χ2n) is 5.93. The van der Waals surface area contributed by atoms with Crippen LogP contribution in [0.15, 0.2) is 18.2 Å². The number of methoxy groups -OCH3 is 1. The highest BCUT2D eigenvalue weighted by Gasteiger charge is 2.27. The molecule has 0 bridgehead atoms. The lowest BCUT2D eigenvalue weighted by Gasteiger charge is -2.20. The van der Waals surface area contributed by atoms with E-state index in [0.29, 0.717) is 24.9 Å². The van der Waals surface area contributed by atoms with Gasteiger partial charge in [0.15, 0.2) is 0 Å². The number of benzene rings is 1. The number of carbonyl (C=O) groups excluding carboxylic acids is 1. The van der Waals surface area contributed by atoms with Crippen molar-refractivity contribution in [2.24, 2.45) is 5.92 Å². The van der Waals surface area contributed by atoms with Crippen molar-refractivity contribution < 1.29 is 9.53 Å². The number of amides is 1. The van der Waals surface area contributed by atoms with Crippen molar-refractivity contribution in [2.75, 3.05) is 20.2 Å². The first kappa shape index (κ1) is 15.8. The number of carbonyl (C=O) groups is 1. The highest BCUT2D eigenvalue weighted by atomic mass is 16.5. The fraction of sp³-hybridized carbons (Fsp3) is 0.588. The zero-order valence-electron chi connectivity index (χ0n) is 13.5. The third kappa shape index (κ3) is 3.76. The number of nitrogens with zero attached hydrogens (tertiary/aromatic N) is 1. The maximum Gasteiger partial charge on any atom is 0.223 e. The number of hydrogen-bond acceptors (Lipinski definition) is 3. The largest absolute Gasteiger partial charge is 0.496 e. The zero-order valence-corrected chi connectivity index (χ0v) is 13.5. The van der Waals surface area contributed by atoms with Crippen molar-refractivity contribution in [1.29, 1.82) is 0 Å². The lowest BCUT2D eigenvalue weighted by Crippen LogP contribution is -2.25. The van der Waals surface area contributed by atoms with Crippen LogP contribution in [0.4, 0.5) is 0 Å². The predicted octanol–water partition coefficient (Wildman–Crippen LogP) is 2.73. The number of ether oxygens (including phenoxy) is 1. The molecular weight excluding hydrogens is 264 g/mol. The van der Waals surface area contributed by atoms with Crippen LogP contribution in [0.1, 0.15) is 44.4 Å². The third-order valence-electron chi connectivity index (χ3n) is 4.08. The molecule has 0 spiro atoms. The minimum Gasteiger partial charge on any atom is -0.496 e. The molecule has 2 rings (SSSR count). The van der Waals surface area contributed by atoms with Gasteiger partial charge in [-0.05, 0) is 37.1 Å². The highest BCUT2D eigenvalue weighted by molar-refractivity contribution is 5.78. The summed E-state index contributed by atoms with van der Waals surface area (Å²) in [4.78, 5) is 13.9. The van der Waals surface area contributed by atoms with Crippen LogP contribution in [0.5, 0.6) is 5.75 Å². The highest BCUT2D eigenvalue weighted by Crippen LogP contribution is 2.27. The van der Waals surface area contributed by atoms with E-state index < -0.39 is 0 Å². The van der Waals surface area contributed by atoms with E-state index in [1.807, 2.05) is 11.0 Å². The van der Waals surface area contributed by atoms with Crippen LogP contribution in [-0.2, 0) is 11.3 Å². The Balaban J connectivity index is 2.20. The van der Waals surface area contributed by atoms with Gasteiger partial charge in [-0.1, -0.05) is 19.9 Å². The second kappa shape index (κ2) is 6.94. The Bertz CT molecular complexity index is 502. The van der Waals surface area contributed by atoms with Gasteiger partial charge in [0.05, 0.1) is 7.11 Å². The Morgan fingerprint density at radius 3 is 2.81 bits per heavy atom. The summed E-state index contributed by atoms with van der Waals surface area (Å²) in [6.07, 6.45) is 0.662. The van der Waals surface area contributed by atoms with E-state index in [9.17, 15) is 4.79 Å². The van der Waals surface area contributed by atoms with E-state index in [4.69, 9.17) is 4.74 Å². The Morgan fingerprint density at radius 2 is 2.24 bits per heavy atom. The minimum absolute atomic E-state index is 0.245. The summed E-state index contributed by atoms with van der Waals surface area (Å²) in [7, 11) is 1.68. The molecular formula is C17H26N2O2. The molecule has 0 aromatic heterocycles. The maximum atomic E-state index is 12.0. The third-order valence-corrected chi connectivity index (χ3v) is 4.08. The molecule has 1 heterocycles. The van der Waals surface area contributed by atoms with Gasteiger partial charge < -0.3 is 15.0 Å².